The van der Waals surface area contributed by atoms with Crippen LogP contribution < -0.4 is 0 Å². The van der Waals surface area contributed by atoms with Crippen LogP contribution in [0, 0.1) is 18.3 Å². The van der Waals surface area contributed by atoms with Crippen molar-refractivity contribution in [3.63, 3.8) is 0 Å². The maximum absolute atomic E-state index is 11.1. The van der Waals surface area contributed by atoms with Gasteiger partial charge in [0.1, 0.15) is 0 Å². The van der Waals surface area contributed by atoms with E-state index in [0.717, 1.165) is 11.1 Å². The van der Waals surface area contributed by atoms with Gasteiger partial charge in [0.05, 0.1) is 16.5 Å². The van der Waals surface area contributed by atoms with E-state index in [0.29, 0.717) is 11.1 Å². The first kappa shape index (κ1) is 13.3. The average Bonchev–Trinajstić information content (AvgIpc) is 2.37. The summed E-state index contributed by atoms with van der Waals surface area (Å²) in [6.07, 6.45) is 0. The predicted molar refractivity (Wildman–Crippen MR) is 71.1 cm³/mol. The van der Waals surface area contributed by atoms with Crippen molar-refractivity contribution in [3.05, 3.63) is 53.6 Å². The highest BCUT2D eigenvalue weighted by atomic mass is 32.2. The summed E-state index contributed by atoms with van der Waals surface area (Å²) in [5, 5.41) is 8.72. The third kappa shape index (κ3) is 2.81. The van der Waals surface area contributed by atoms with Crippen molar-refractivity contribution in [3.8, 4) is 17.2 Å². The molecule has 4 nitrogen and oxygen atoms in total. The first-order valence-electron chi connectivity index (χ1n) is 5.50. The van der Waals surface area contributed by atoms with E-state index < -0.39 is 10.1 Å². The Labute approximate surface area is 111 Å². The van der Waals surface area contributed by atoms with E-state index in [4.69, 9.17) is 9.81 Å². The molecule has 0 aliphatic rings. The van der Waals surface area contributed by atoms with Gasteiger partial charge in [0.2, 0.25) is 0 Å². The number of hydrogen-bond acceptors (Lipinski definition) is 3. The molecule has 0 saturated carbocycles. The minimum absolute atomic E-state index is 0.0927. The zero-order valence-electron chi connectivity index (χ0n) is 10.2. The molecule has 5 heteroatoms. The van der Waals surface area contributed by atoms with Crippen LogP contribution in [0.5, 0.6) is 0 Å². The van der Waals surface area contributed by atoms with Crippen molar-refractivity contribution in [2.24, 2.45) is 0 Å². The number of nitriles is 1. The van der Waals surface area contributed by atoms with E-state index >= 15 is 0 Å². The molecule has 2 aromatic rings. The summed E-state index contributed by atoms with van der Waals surface area (Å²) in [5.74, 6) is 0. The van der Waals surface area contributed by atoms with Crippen LogP contribution in [-0.2, 0) is 10.1 Å². The normalized spacial score (nSPS) is 11.0. The van der Waals surface area contributed by atoms with Crippen molar-refractivity contribution >= 4 is 10.1 Å². The predicted octanol–water partition coefficient (Wildman–Crippen LogP) is 2.78. The molecule has 0 atom stereocenters. The fraction of sp³-hybridized carbons (Fsp3) is 0.0714. The third-order valence-corrected chi connectivity index (χ3v) is 3.81. The molecule has 0 bridgehead atoms. The van der Waals surface area contributed by atoms with E-state index in [-0.39, 0.29) is 4.90 Å². The zero-order valence-corrected chi connectivity index (χ0v) is 11.0. The molecular formula is C14H11NO3S. The summed E-state index contributed by atoms with van der Waals surface area (Å²) in [7, 11) is -4.19. The maximum atomic E-state index is 11.1. The molecule has 0 saturated heterocycles. The quantitative estimate of drug-likeness (QED) is 0.853. The van der Waals surface area contributed by atoms with E-state index in [2.05, 4.69) is 0 Å². The zero-order chi connectivity index (χ0) is 14.0. The highest BCUT2D eigenvalue weighted by molar-refractivity contribution is 7.85. The first-order valence-corrected chi connectivity index (χ1v) is 6.94. The van der Waals surface area contributed by atoms with Crippen molar-refractivity contribution < 1.29 is 13.0 Å². The van der Waals surface area contributed by atoms with Gasteiger partial charge in [0.15, 0.2) is 0 Å². The van der Waals surface area contributed by atoms with Crippen LogP contribution in [0.2, 0.25) is 0 Å². The van der Waals surface area contributed by atoms with Crippen molar-refractivity contribution in [1.82, 2.24) is 0 Å². The Kier molecular flexibility index (Phi) is 3.38. The highest BCUT2D eigenvalue weighted by Crippen LogP contribution is 2.24. The van der Waals surface area contributed by atoms with Crippen LogP contribution in [0.3, 0.4) is 0 Å². The molecule has 0 aliphatic carbocycles. The van der Waals surface area contributed by atoms with Gasteiger partial charge in [-0.15, -0.1) is 0 Å². The van der Waals surface area contributed by atoms with Crippen LogP contribution >= 0.6 is 0 Å². The molecule has 0 unspecified atom stereocenters. The van der Waals surface area contributed by atoms with E-state index in [1.54, 1.807) is 43.3 Å². The topological polar surface area (TPSA) is 78.2 Å². The Balaban J connectivity index is 2.48. The lowest BCUT2D eigenvalue weighted by molar-refractivity contribution is 0.482. The summed E-state index contributed by atoms with van der Waals surface area (Å²) >= 11 is 0. The molecule has 2 rings (SSSR count). The Morgan fingerprint density at radius 2 is 1.63 bits per heavy atom. The van der Waals surface area contributed by atoms with E-state index in [1.807, 2.05) is 6.07 Å². The fourth-order valence-electron chi connectivity index (χ4n) is 1.86. The number of rotatable bonds is 2. The van der Waals surface area contributed by atoms with Crippen molar-refractivity contribution in [2.75, 3.05) is 0 Å². The Hall–Kier alpha value is -2.16. The summed E-state index contributed by atoms with van der Waals surface area (Å²) < 4.78 is 31.2. The first-order chi connectivity index (χ1) is 8.91. The lowest BCUT2D eigenvalue weighted by atomic mass is 10.0. The van der Waals surface area contributed by atoms with Crippen LogP contribution in [0.25, 0.3) is 11.1 Å². The van der Waals surface area contributed by atoms with Gasteiger partial charge in [-0.1, -0.05) is 24.3 Å². The molecule has 0 amide bonds. The van der Waals surface area contributed by atoms with Gasteiger partial charge in [-0.25, -0.2) is 0 Å². The van der Waals surface area contributed by atoms with Crippen LogP contribution in [0.1, 0.15) is 11.1 Å². The Bertz CT molecular complexity index is 756. The van der Waals surface area contributed by atoms with Crippen LogP contribution in [0.4, 0.5) is 0 Å². The van der Waals surface area contributed by atoms with Crippen LogP contribution in [-0.4, -0.2) is 13.0 Å². The molecule has 0 aromatic heterocycles. The average molecular weight is 273 g/mol. The lowest BCUT2D eigenvalue weighted by Gasteiger charge is -2.06. The molecule has 96 valence electrons. The van der Waals surface area contributed by atoms with Gasteiger partial charge in [-0.3, -0.25) is 4.55 Å². The van der Waals surface area contributed by atoms with Gasteiger partial charge >= 0.3 is 0 Å². The second kappa shape index (κ2) is 4.84. The minimum atomic E-state index is -4.19. The van der Waals surface area contributed by atoms with Crippen LogP contribution in [0.15, 0.2) is 47.4 Å². The third-order valence-electron chi connectivity index (χ3n) is 2.80. The van der Waals surface area contributed by atoms with E-state index in [1.165, 1.54) is 6.07 Å². The molecule has 1 N–H and O–H groups in total. The molecule has 2 aromatic carbocycles. The van der Waals surface area contributed by atoms with E-state index in [9.17, 15) is 8.42 Å². The Morgan fingerprint density at radius 1 is 1.05 bits per heavy atom. The molecule has 0 radical (unpaired) electrons. The summed E-state index contributed by atoms with van der Waals surface area (Å²) in [5.41, 5.74) is 2.75. The van der Waals surface area contributed by atoms with Gasteiger partial charge in [0.25, 0.3) is 10.1 Å². The van der Waals surface area contributed by atoms with Gasteiger partial charge in [-0.05, 0) is 41.8 Å². The molecule has 19 heavy (non-hydrogen) atoms. The number of aryl methyl sites for hydroxylation is 1. The smallest absolute Gasteiger partial charge is 0.282 e. The fourth-order valence-corrected chi connectivity index (χ4v) is 2.56. The molecule has 0 fully saturated rings. The number of nitrogens with zero attached hydrogens (tertiary/aromatic N) is 1. The highest BCUT2D eigenvalue weighted by Gasteiger charge is 2.13. The molecule has 0 spiro atoms. The lowest BCUT2D eigenvalue weighted by Crippen LogP contribution is -2.00. The SMILES string of the molecule is Cc1cc(-c2ccc(C#N)cc2)ccc1S(=O)(=O)O. The standard InChI is InChI=1S/C14H11NO3S/c1-10-8-13(6-7-14(10)19(16,17)18)12-4-2-11(9-15)3-5-12/h2-8H,1H3,(H,16,17,18). The Morgan fingerprint density at radius 3 is 2.11 bits per heavy atom. The van der Waals surface area contributed by atoms with Crippen molar-refractivity contribution in [2.45, 2.75) is 11.8 Å². The molecule has 0 aliphatic heterocycles. The molecule has 0 heterocycles. The van der Waals surface area contributed by atoms with Gasteiger partial charge < -0.3 is 0 Å². The van der Waals surface area contributed by atoms with Gasteiger partial charge in [-0.2, -0.15) is 13.7 Å². The second-order valence-corrected chi connectivity index (χ2v) is 5.53. The second-order valence-electron chi connectivity index (χ2n) is 4.14. The largest absolute Gasteiger partial charge is 0.294 e. The number of hydrogen-bond donors (Lipinski definition) is 1. The maximum Gasteiger partial charge on any atom is 0.294 e. The summed E-state index contributed by atoms with van der Waals surface area (Å²) in [4.78, 5) is -0.0927. The summed E-state index contributed by atoms with van der Waals surface area (Å²) in [6, 6.07) is 13.7. The number of benzene rings is 2. The minimum Gasteiger partial charge on any atom is -0.282 e. The van der Waals surface area contributed by atoms with Crippen molar-refractivity contribution in [1.29, 1.82) is 5.26 Å². The monoisotopic (exact) mass is 273 g/mol. The summed E-state index contributed by atoms with van der Waals surface area (Å²) in [6.45, 7) is 1.62. The van der Waals surface area contributed by atoms with Gasteiger partial charge in [0, 0.05) is 0 Å². The molecular weight excluding hydrogens is 262 g/mol.